The van der Waals surface area contributed by atoms with Gasteiger partial charge in [-0.05, 0) is 43.3 Å². The van der Waals surface area contributed by atoms with E-state index in [1.807, 2.05) is 25.1 Å². The molecule has 0 aliphatic rings. The van der Waals surface area contributed by atoms with Crippen molar-refractivity contribution < 1.29 is 4.79 Å². The Bertz CT molecular complexity index is 816. The van der Waals surface area contributed by atoms with E-state index in [1.165, 1.54) is 0 Å². The highest BCUT2D eigenvalue weighted by Gasteiger charge is 2.06. The average Bonchev–Trinajstić information content (AvgIpc) is 2.78. The number of urea groups is 1. The maximum Gasteiger partial charge on any atom is 0.323 e. The molecule has 3 aromatic rings. The van der Waals surface area contributed by atoms with Crippen LogP contribution in [0.2, 0.25) is 5.02 Å². The molecule has 0 fully saturated rings. The van der Waals surface area contributed by atoms with E-state index in [-0.39, 0.29) is 6.03 Å². The third kappa shape index (κ3) is 3.32. The van der Waals surface area contributed by atoms with Crippen molar-refractivity contribution in [2.24, 2.45) is 0 Å². The van der Waals surface area contributed by atoms with E-state index in [9.17, 15) is 4.79 Å². The van der Waals surface area contributed by atoms with E-state index < -0.39 is 0 Å². The van der Waals surface area contributed by atoms with Crippen LogP contribution in [0.1, 0.15) is 5.01 Å². The topological polar surface area (TPSA) is 54.0 Å². The molecule has 6 heteroatoms. The van der Waals surface area contributed by atoms with Gasteiger partial charge in [-0.3, -0.25) is 0 Å². The highest BCUT2D eigenvalue weighted by molar-refractivity contribution is 7.18. The summed E-state index contributed by atoms with van der Waals surface area (Å²) in [4.78, 5) is 16.4. The van der Waals surface area contributed by atoms with Gasteiger partial charge in [-0.15, -0.1) is 11.3 Å². The summed E-state index contributed by atoms with van der Waals surface area (Å²) in [7, 11) is 0. The SMILES string of the molecule is Cc1nc2cc(NC(=O)Nc3cccc(Cl)c3)ccc2s1. The predicted octanol–water partition coefficient (Wildman–Crippen LogP) is 4.90. The number of fused-ring (bicyclic) bond motifs is 1. The minimum absolute atomic E-state index is 0.316. The van der Waals surface area contributed by atoms with Crippen molar-refractivity contribution >= 4 is 50.6 Å². The zero-order valence-corrected chi connectivity index (χ0v) is 12.8. The number of hydrogen-bond donors (Lipinski definition) is 2. The van der Waals surface area contributed by atoms with Crippen molar-refractivity contribution in [2.75, 3.05) is 10.6 Å². The fourth-order valence-corrected chi connectivity index (χ4v) is 2.98. The quantitative estimate of drug-likeness (QED) is 0.706. The molecule has 0 unspecified atom stereocenters. The number of nitrogens with zero attached hydrogens (tertiary/aromatic N) is 1. The van der Waals surface area contributed by atoms with Gasteiger partial charge in [-0.1, -0.05) is 17.7 Å². The van der Waals surface area contributed by atoms with Crippen molar-refractivity contribution in [3.05, 3.63) is 52.5 Å². The molecule has 2 aromatic carbocycles. The van der Waals surface area contributed by atoms with Gasteiger partial charge in [-0.2, -0.15) is 0 Å². The van der Waals surface area contributed by atoms with Crippen LogP contribution in [0.15, 0.2) is 42.5 Å². The lowest BCUT2D eigenvalue weighted by atomic mass is 10.3. The molecule has 4 nitrogen and oxygen atoms in total. The van der Waals surface area contributed by atoms with Crippen LogP contribution in [-0.2, 0) is 0 Å². The van der Waals surface area contributed by atoms with Crippen molar-refractivity contribution in [3.8, 4) is 0 Å². The third-order valence-corrected chi connectivity index (χ3v) is 4.02. The highest BCUT2D eigenvalue weighted by Crippen LogP contribution is 2.24. The van der Waals surface area contributed by atoms with Crippen LogP contribution in [0.3, 0.4) is 0 Å². The minimum Gasteiger partial charge on any atom is -0.308 e. The van der Waals surface area contributed by atoms with Gasteiger partial charge >= 0.3 is 6.03 Å². The second kappa shape index (κ2) is 5.71. The molecule has 0 aliphatic heterocycles. The number of carbonyl (C=O) groups is 1. The number of rotatable bonds is 2. The van der Waals surface area contributed by atoms with Crippen molar-refractivity contribution in [2.45, 2.75) is 6.92 Å². The van der Waals surface area contributed by atoms with Gasteiger partial charge in [-0.25, -0.2) is 9.78 Å². The van der Waals surface area contributed by atoms with Gasteiger partial charge < -0.3 is 10.6 Å². The number of aryl methyl sites for hydroxylation is 1. The first-order valence-electron chi connectivity index (χ1n) is 6.31. The molecule has 0 atom stereocenters. The van der Waals surface area contributed by atoms with Crippen LogP contribution < -0.4 is 10.6 Å². The van der Waals surface area contributed by atoms with E-state index in [1.54, 1.807) is 35.6 Å². The van der Waals surface area contributed by atoms with E-state index in [4.69, 9.17) is 11.6 Å². The number of anilines is 2. The summed E-state index contributed by atoms with van der Waals surface area (Å²) in [6.07, 6.45) is 0. The van der Waals surface area contributed by atoms with Crippen molar-refractivity contribution in [3.63, 3.8) is 0 Å². The first-order chi connectivity index (χ1) is 10.1. The molecule has 0 radical (unpaired) electrons. The Labute approximate surface area is 130 Å². The molecule has 0 bridgehead atoms. The van der Waals surface area contributed by atoms with Gasteiger partial charge in [0.15, 0.2) is 0 Å². The summed E-state index contributed by atoms with van der Waals surface area (Å²) >= 11 is 7.51. The maximum absolute atomic E-state index is 12.0. The second-order valence-corrected chi connectivity index (χ2v) is 6.18. The molecule has 0 aliphatic carbocycles. The van der Waals surface area contributed by atoms with Crippen LogP contribution in [0.25, 0.3) is 10.2 Å². The summed E-state index contributed by atoms with van der Waals surface area (Å²) < 4.78 is 1.10. The largest absolute Gasteiger partial charge is 0.323 e. The monoisotopic (exact) mass is 317 g/mol. The fourth-order valence-electron chi connectivity index (χ4n) is 1.98. The molecule has 2 N–H and O–H groups in total. The number of nitrogens with one attached hydrogen (secondary N) is 2. The van der Waals surface area contributed by atoms with Gasteiger partial charge in [0.05, 0.1) is 15.2 Å². The van der Waals surface area contributed by atoms with Crippen LogP contribution in [-0.4, -0.2) is 11.0 Å². The van der Waals surface area contributed by atoms with E-state index >= 15 is 0 Å². The summed E-state index contributed by atoms with van der Waals surface area (Å²) in [5.41, 5.74) is 2.23. The fraction of sp³-hybridized carbons (Fsp3) is 0.0667. The molecule has 106 valence electrons. The minimum atomic E-state index is -0.316. The lowest BCUT2D eigenvalue weighted by molar-refractivity contribution is 0.262. The molecule has 1 heterocycles. The third-order valence-electron chi connectivity index (χ3n) is 2.83. The number of benzene rings is 2. The average molecular weight is 318 g/mol. The first kappa shape index (κ1) is 13.9. The van der Waals surface area contributed by atoms with E-state index in [0.29, 0.717) is 16.4 Å². The van der Waals surface area contributed by atoms with Crippen LogP contribution in [0, 0.1) is 6.92 Å². The van der Waals surface area contributed by atoms with Gasteiger partial charge in [0, 0.05) is 16.4 Å². The number of amides is 2. The number of carbonyl (C=O) groups excluding carboxylic acids is 1. The number of hydrogen-bond acceptors (Lipinski definition) is 3. The Morgan fingerprint density at radius 2 is 1.90 bits per heavy atom. The van der Waals surface area contributed by atoms with E-state index in [0.717, 1.165) is 15.2 Å². The normalized spacial score (nSPS) is 10.6. The molecule has 1 aromatic heterocycles. The maximum atomic E-state index is 12.0. The Hall–Kier alpha value is -2.11. The van der Waals surface area contributed by atoms with Crippen LogP contribution in [0.5, 0.6) is 0 Å². The lowest BCUT2D eigenvalue weighted by Crippen LogP contribution is -2.19. The van der Waals surface area contributed by atoms with Crippen LogP contribution >= 0.6 is 22.9 Å². The molecular formula is C15H12ClN3OS. The smallest absolute Gasteiger partial charge is 0.308 e. The highest BCUT2D eigenvalue weighted by atomic mass is 35.5. The van der Waals surface area contributed by atoms with Crippen LogP contribution in [0.4, 0.5) is 16.2 Å². The molecular weight excluding hydrogens is 306 g/mol. The predicted molar refractivity (Wildman–Crippen MR) is 88.5 cm³/mol. The lowest BCUT2D eigenvalue weighted by Gasteiger charge is -2.07. The zero-order valence-electron chi connectivity index (χ0n) is 11.2. The molecule has 0 saturated heterocycles. The number of halogens is 1. The number of aromatic nitrogens is 1. The summed E-state index contributed by atoms with van der Waals surface area (Å²) in [6.45, 7) is 1.96. The zero-order chi connectivity index (χ0) is 14.8. The summed E-state index contributed by atoms with van der Waals surface area (Å²) in [5.74, 6) is 0. The molecule has 21 heavy (non-hydrogen) atoms. The first-order valence-corrected chi connectivity index (χ1v) is 7.50. The standard InChI is InChI=1S/C15H12ClN3OS/c1-9-17-13-8-12(5-6-14(13)21-9)19-15(20)18-11-4-2-3-10(16)7-11/h2-8H,1H3,(H2,18,19,20). The van der Waals surface area contributed by atoms with Gasteiger partial charge in [0.25, 0.3) is 0 Å². The molecule has 2 amide bonds. The Morgan fingerprint density at radius 1 is 1.14 bits per heavy atom. The Kier molecular flexibility index (Phi) is 3.77. The molecule has 0 saturated carbocycles. The second-order valence-electron chi connectivity index (χ2n) is 4.50. The number of thiazole rings is 1. The molecule has 0 spiro atoms. The Morgan fingerprint density at radius 3 is 2.67 bits per heavy atom. The Balaban J connectivity index is 1.73. The summed E-state index contributed by atoms with van der Waals surface area (Å²) in [6, 6.07) is 12.4. The van der Waals surface area contributed by atoms with Crippen molar-refractivity contribution in [1.82, 2.24) is 4.98 Å². The van der Waals surface area contributed by atoms with E-state index in [2.05, 4.69) is 15.6 Å². The van der Waals surface area contributed by atoms with Crippen molar-refractivity contribution in [1.29, 1.82) is 0 Å². The molecule has 3 rings (SSSR count). The summed E-state index contributed by atoms with van der Waals surface area (Å²) in [5, 5.41) is 7.10. The van der Waals surface area contributed by atoms with Gasteiger partial charge in [0.2, 0.25) is 0 Å². The van der Waals surface area contributed by atoms with Gasteiger partial charge in [0.1, 0.15) is 0 Å².